The van der Waals surface area contributed by atoms with E-state index in [0.717, 1.165) is 6.26 Å². The number of aliphatic hydroxyl groups is 1. The molecule has 0 aliphatic rings. The van der Waals surface area contributed by atoms with Gasteiger partial charge in [-0.3, -0.25) is 0 Å². The molecule has 0 amide bonds. The second-order valence-electron chi connectivity index (χ2n) is 2.52. The maximum Gasteiger partial charge on any atom is 0.457 e. The van der Waals surface area contributed by atoms with Gasteiger partial charge in [0.15, 0.2) is 0 Å². The fourth-order valence-corrected chi connectivity index (χ4v) is 0.653. The Morgan fingerprint density at radius 1 is 1.06 bits per heavy atom. The second-order valence-corrected chi connectivity index (χ2v) is 2.52. The lowest BCUT2D eigenvalue weighted by Gasteiger charge is -2.30. The van der Waals surface area contributed by atoms with E-state index in [1.165, 1.54) is 0 Å². The van der Waals surface area contributed by atoms with Gasteiger partial charge in [-0.25, -0.2) is 0 Å². The fourth-order valence-electron chi connectivity index (χ4n) is 0.653. The predicted molar refractivity (Wildman–Crippen MR) is 39.2 cm³/mol. The van der Waals surface area contributed by atoms with Crippen LogP contribution in [0.15, 0.2) is 12.8 Å². The highest BCUT2D eigenvalue weighted by molar-refractivity contribution is 4.85. The van der Waals surface area contributed by atoms with Crippen LogP contribution in [-0.4, -0.2) is 36.5 Å². The lowest BCUT2D eigenvalue weighted by molar-refractivity contribution is -0.449. The van der Waals surface area contributed by atoms with E-state index in [-0.39, 0.29) is 0 Å². The highest BCUT2D eigenvalue weighted by Gasteiger charge is 2.73. The Balaban J connectivity index is 4.64. The largest absolute Gasteiger partial charge is 0.499 e. The van der Waals surface area contributed by atoms with Gasteiger partial charge in [-0.2, -0.15) is 26.3 Å². The van der Waals surface area contributed by atoms with Crippen LogP contribution in [0.2, 0.25) is 0 Å². The first-order valence-corrected chi connectivity index (χ1v) is 3.78. The van der Waals surface area contributed by atoms with Crippen molar-refractivity contribution in [1.82, 2.24) is 0 Å². The lowest BCUT2D eigenvalue weighted by Crippen LogP contribution is -2.57. The van der Waals surface area contributed by atoms with Crippen LogP contribution in [0, 0.1) is 0 Å². The van der Waals surface area contributed by atoms with Crippen molar-refractivity contribution >= 4 is 0 Å². The predicted octanol–water partition coefficient (Wildman–Crippen LogP) is 1.98. The zero-order valence-corrected chi connectivity index (χ0v) is 7.73. The standard InChI is InChI=1S/C7H8F6O3/c1-2-15-3-4-16-5(8,6(9,10)11)7(12,13)14/h2,14H,1,3-4H2. The summed E-state index contributed by atoms with van der Waals surface area (Å²) < 4.78 is 80.2. The van der Waals surface area contributed by atoms with Crippen LogP contribution in [-0.2, 0) is 9.47 Å². The third-order valence-corrected chi connectivity index (χ3v) is 1.37. The number of ether oxygens (including phenoxy) is 2. The molecular formula is C7H8F6O3. The van der Waals surface area contributed by atoms with Crippen molar-refractivity contribution in [3.05, 3.63) is 12.8 Å². The van der Waals surface area contributed by atoms with Gasteiger partial charge in [-0.05, 0) is 0 Å². The first-order chi connectivity index (χ1) is 7.06. The molecule has 0 aromatic heterocycles. The van der Waals surface area contributed by atoms with Crippen molar-refractivity contribution < 1.29 is 40.9 Å². The summed E-state index contributed by atoms with van der Waals surface area (Å²) in [4.78, 5) is 0. The van der Waals surface area contributed by atoms with E-state index in [1.807, 2.05) is 0 Å². The van der Waals surface area contributed by atoms with Gasteiger partial charge in [0.25, 0.3) is 0 Å². The SMILES string of the molecule is C=COCCOC(F)(C(O)(F)F)C(F)(F)F. The molecule has 1 atom stereocenters. The summed E-state index contributed by atoms with van der Waals surface area (Å²) in [5.41, 5.74) is 0. The minimum atomic E-state index is -6.08. The fraction of sp³-hybridized carbons (Fsp3) is 0.714. The van der Waals surface area contributed by atoms with Crippen molar-refractivity contribution in [2.45, 2.75) is 18.1 Å². The van der Waals surface area contributed by atoms with E-state index in [9.17, 15) is 26.3 Å². The maximum atomic E-state index is 12.8. The van der Waals surface area contributed by atoms with Gasteiger partial charge < -0.3 is 14.6 Å². The van der Waals surface area contributed by atoms with E-state index in [2.05, 4.69) is 16.1 Å². The number of hydrogen-bond donors (Lipinski definition) is 1. The van der Waals surface area contributed by atoms with Gasteiger partial charge in [-0.1, -0.05) is 6.58 Å². The molecule has 3 nitrogen and oxygen atoms in total. The number of alkyl halides is 6. The Bertz CT molecular complexity index is 219. The van der Waals surface area contributed by atoms with Crippen molar-refractivity contribution in [2.24, 2.45) is 0 Å². The summed E-state index contributed by atoms with van der Waals surface area (Å²) in [5.74, 6) is -5.47. The van der Waals surface area contributed by atoms with Crippen LogP contribution in [0.4, 0.5) is 26.3 Å². The van der Waals surface area contributed by atoms with Crippen molar-refractivity contribution in [3.8, 4) is 0 Å². The van der Waals surface area contributed by atoms with Crippen LogP contribution in [0.1, 0.15) is 0 Å². The number of rotatable bonds is 6. The molecule has 0 aliphatic heterocycles. The Labute approximate surface area is 86.3 Å². The molecule has 0 aliphatic carbocycles. The van der Waals surface area contributed by atoms with Crippen LogP contribution in [0.5, 0.6) is 0 Å². The molecular weight excluding hydrogens is 246 g/mol. The molecule has 0 aromatic rings. The smallest absolute Gasteiger partial charge is 0.457 e. The van der Waals surface area contributed by atoms with Crippen molar-refractivity contribution in [1.29, 1.82) is 0 Å². The molecule has 0 bridgehead atoms. The van der Waals surface area contributed by atoms with Crippen molar-refractivity contribution in [3.63, 3.8) is 0 Å². The average molecular weight is 254 g/mol. The minimum absolute atomic E-state index is 0.624. The Hall–Kier alpha value is -0.960. The number of hydrogen-bond acceptors (Lipinski definition) is 3. The molecule has 9 heteroatoms. The molecule has 1 N–H and O–H groups in total. The molecule has 0 rings (SSSR count). The normalized spacial score (nSPS) is 16.7. The molecule has 0 saturated heterocycles. The van der Waals surface area contributed by atoms with Crippen molar-refractivity contribution in [2.75, 3.05) is 13.2 Å². The van der Waals surface area contributed by atoms with Gasteiger partial charge in [0, 0.05) is 0 Å². The lowest BCUT2D eigenvalue weighted by atomic mass is 10.3. The third kappa shape index (κ3) is 3.27. The van der Waals surface area contributed by atoms with Gasteiger partial charge in [-0.15, -0.1) is 0 Å². The second kappa shape index (κ2) is 4.91. The summed E-state index contributed by atoms with van der Waals surface area (Å²) in [5, 5.41) is 7.81. The van der Waals surface area contributed by atoms with E-state index in [4.69, 9.17) is 5.11 Å². The summed E-state index contributed by atoms with van der Waals surface area (Å²) in [6.07, 6.45) is -11.0. The van der Waals surface area contributed by atoms with E-state index < -0.39 is 31.4 Å². The summed E-state index contributed by atoms with van der Waals surface area (Å²) >= 11 is 0. The zero-order chi connectivity index (χ0) is 13.0. The zero-order valence-electron chi connectivity index (χ0n) is 7.73. The highest BCUT2D eigenvalue weighted by atomic mass is 19.4. The Morgan fingerprint density at radius 3 is 1.88 bits per heavy atom. The van der Waals surface area contributed by atoms with E-state index in [0.29, 0.717) is 0 Å². The molecule has 0 aromatic carbocycles. The first kappa shape index (κ1) is 15.0. The molecule has 16 heavy (non-hydrogen) atoms. The molecule has 0 radical (unpaired) electrons. The summed E-state index contributed by atoms with van der Waals surface area (Å²) in [7, 11) is 0. The van der Waals surface area contributed by atoms with Gasteiger partial charge in [0.05, 0.1) is 12.9 Å². The molecule has 0 saturated carbocycles. The molecule has 0 heterocycles. The van der Waals surface area contributed by atoms with Crippen LogP contribution in [0.25, 0.3) is 0 Å². The third-order valence-electron chi connectivity index (χ3n) is 1.37. The first-order valence-electron chi connectivity index (χ1n) is 3.78. The molecule has 1 unspecified atom stereocenters. The average Bonchev–Trinajstić information content (AvgIpc) is 2.08. The number of halogens is 6. The maximum absolute atomic E-state index is 12.8. The van der Waals surface area contributed by atoms with Gasteiger partial charge in [0.1, 0.15) is 6.61 Å². The molecule has 0 spiro atoms. The summed E-state index contributed by atoms with van der Waals surface area (Å²) in [6, 6.07) is 0. The van der Waals surface area contributed by atoms with Crippen LogP contribution >= 0.6 is 0 Å². The minimum Gasteiger partial charge on any atom is -0.499 e. The Morgan fingerprint density at radius 2 is 1.56 bits per heavy atom. The van der Waals surface area contributed by atoms with Gasteiger partial charge >= 0.3 is 18.1 Å². The molecule has 96 valence electrons. The monoisotopic (exact) mass is 254 g/mol. The highest BCUT2D eigenvalue weighted by Crippen LogP contribution is 2.44. The molecule has 0 fully saturated rings. The van der Waals surface area contributed by atoms with E-state index >= 15 is 0 Å². The quantitative estimate of drug-likeness (QED) is 0.447. The van der Waals surface area contributed by atoms with Crippen LogP contribution < -0.4 is 0 Å². The topological polar surface area (TPSA) is 38.7 Å². The Kier molecular flexibility index (Phi) is 4.62. The van der Waals surface area contributed by atoms with Crippen LogP contribution in [0.3, 0.4) is 0 Å². The summed E-state index contributed by atoms with van der Waals surface area (Å²) in [6.45, 7) is 1.24. The van der Waals surface area contributed by atoms with Gasteiger partial charge in [0.2, 0.25) is 0 Å². The van der Waals surface area contributed by atoms with E-state index in [1.54, 1.807) is 0 Å².